The molecule has 0 atom stereocenters. The molecule has 21 heavy (non-hydrogen) atoms. The average molecular weight is 287 g/mol. The highest BCUT2D eigenvalue weighted by atomic mass is 16.5. The first kappa shape index (κ1) is 15.0. The summed E-state index contributed by atoms with van der Waals surface area (Å²) < 4.78 is 11.0. The van der Waals surface area contributed by atoms with Gasteiger partial charge in [-0.1, -0.05) is 12.1 Å². The van der Waals surface area contributed by atoms with Crippen molar-refractivity contribution in [3.05, 3.63) is 47.5 Å². The van der Waals surface area contributed by atoms with Gasteiger partial charge in [-0.2, -0.15) is 0 Å². The largest absolute Gasteiger partial charge is 0.508 e. The molecule has 4 heteroatoms. The number of nitrogens with one attached hydrogen (secondary N) is 1. The summed E-state index contributed by atoms with van der Waals surface area (Å²) in [7, 11) is 1.64. The Hall–Kier alpha value is -2.36. The average Bonchev–Trinajstić information content (AvgIpc) is 2.49. The standard InChI is InChI=1S/C17H21NO3/c1-4-21-16-7-5-6-13(17(16)20-3)11-18-14-8-9-15(19)12(2)10-14/h5-10,18-19H,4,11H2,1-3H3. The highest BCUT2D eigenvalue weighted by Gasteiger charge is 2.09. The summed E-state index contributed by atoms with van der Waals surface area (Å²) in [4.78, 5) is 0. The third kappa shape index (κ3) is 3.60. The van der Waals surface area contributed by atoms with E-state index < -0.39 is 0 Å². The topological polar surface area (TPSA) is 50.7 Å². The fourth-order valence-corrected chi connectivity index (χ4v) is 2.16. The summed E-state index contributed by atoms with van der Waals surface area (Å²) in [5.74, 6) is 1.81. The number of phenolic OH excluding ortho intramolecular Hbond substituents is 1. The molecule has 2 aromatic rings. The molecular formula is C17H21NO3. The van der Waals surface area contributed by atoms with Crippen molar-refractivity contribution in [1.82, 2.24) is 0 Å². The van der Waals surface area contributed by atoms with Crippen molar-refractivity contribution in [2.45, 2.75) is 20.4 Å². The van der Waals surface area contributed by atoms with Gasteiger partial charge in [0.2, 0.25) is 0 Å². The maximum absolute atomic E-state index is 9.54. The number of hydrogen-bond acceptors (Lipinski definition) is 4. The number of phenols is 1. The van der Waals surface area contributed by atoms with E-state index in [0.29, 0.717) is 18.9 Å². The molecule has 0 fully saturated rings. The van der Waals surface area contributed by atoms with Gasteiger partial charge in [0.1, 0.15) is 5.75 Å². The molecule has 0 saturated carbocycles. The van der Waals surface area contributed by atoms with E-state index in [0.717, 1.165) is 28.3 Å². The second kappa shape index (κ2) is 6.88. The van der Waals surface area contributed by atoms with Crippen LogP contribution in [-0.2, 0) is 6.54 Å². The molecule has 0 spiro atoms. The molecule has 0 heterocycles. The first-order chi connectivity index (χ1) is 10.2. The van der Waals surface area contributed by atoms with E-state index in [1.165, 1.54) is 0 Å². The molecule has 2 rings (SSSR count). The molecule has 0 bridgehead atoms. The zero-order chi connectivity index (χ0) is 15.2. The summed E-state index contributed by atoms with van der Waals surface area (Å²) in [6.45, 7) is 5.04. The third-order valence-corrected chi connectivity index (χ3v) is 3.24. The van der Waals surface area contributed by atoms with Crippen molar-refractivity contribution in [3.8, 4) is 17.2 Å². The quantitative estimate of drug-likeness (QED) is 0.795. The van der Waals surface area contributed by atoms with Gasteiger partial charge in [-0.05, 0) is 43.7 Å². The summed E-state index contributed by atoms with van der Waals surface area (Å²) in [6.07, 6.45) is 0. The minimum absolute atomic E-state index is 0.302. The normalized spacial score (nSPS) is 10.2. The molecule has 0 amide bonds. The lowest BCUT2D eigenvalue weighted by molar-refractivity contribution is 0.309. The molecular weight excluding hydrogens is 266 g/mol. The van der Waals surface area contributed by atoms with Crippen LogP contribution in [0.25, 0.3) is 0 Å². The van der Waals surface area contributed by atoms with Crippen molar-refractivity contribution in [1.29, 1.82) is 0 Å². The fraction of sp³-hybridized carbons (Fsp3) is 0.294. The van der Waals surface area contributed by atoms with Crippen LogP contribution in [0.5, 0.6) is 17.2 Å². The summed E-state index contributed by atoms with van der Waals surface area (Å²) in [5, 5.41) is 12.9. The zero-order valence-electron chi connectivity index (χ0n) is 12.6. The lowest BCUT2D eigenvalue weighted by atomic mass is 10.1. The molecule has 4 nitrogen and oxygen atoms in total. The number of benzene rings is 2. The fourth-order valence-electron chi connectivity index (χ4n) is 2.16. The number of methoxy groups -OCH3 is 1. The van der Waals surface area contributed by atoms with Crippen LogP contribution in [0.15, 0.2) is 36.4 Å². The Balaban J connectivity index is 2.15. The van der Waals surface area contributed by atoms with Crippen molar-refractivity contribution in [3.63, 3.8) is 0 Å². The van der Waals surface area contributed by atoms with Crippen molar-refractivity contribution in [2.24, 2.45) is 0 Å². The Labute approximate surface area is 125 Å². The van der Waals surface area contributed by atoms with Crippen molar-refractivity contribution >= 4 is 5.69 Å². The molecule has 2 N–H and O–H groups in total. The molecule has 0 aliphatic rings. The SMILES string of the molecule is CCOc1cccc(CNc2ccc(O)c(C)c2)c1OC. The van der Waals surface area contributed by atoms with Crippen LogP contribution >= 0.6 is 0 Å². The van der Waals surface area contributed by atoms with Gasteiger partial charge in [-0.3, -0.25) is 0 Å². The van der Waals surface area contributed by atoms with Crippen LogP contribution < -0.4 is 14.8 Å². The highest BCUT2D eigenvalue weighted by molar-refractivity contribution is 5.53. The van der Waals surface area contributed by atoms with E-state index >= 15 is 0 Å². The van der Waals surface area contributed by atoms with E-state index in [1.807, 2.05) is 44.2 Å². The van der Waals surface area contributed by atoms with Crippen molar-refractivity contribution < 1.29 is 14.6 Å². The maximum Gasteiger partial charge on any atom is 0.165 e. The molecule has 0 aliphatic carbocycles. The number of aromatic hydroxyl groups is 1. The number of ether oxygens (including phenoxy) is 2. The minimum atomic E-state index is 0.302. The van der Waals surface area contributed by atoms with E-state index in [1.54, 1.807) is 13.2 Å². The Kier molecular flexibility index (Phi) is 4.93. The highest BCUT2D eigenvalue weighted by Crippen LogP contribution is 2.31. The van der Waals surface area contributed by atoms with Gasteiger partial charge in [0.15, 0.2) is 11.5 Å². The second-order valence-corrected chi connectivity index (χ2v) is 4.74. The maximum atomic E-state index is 9.54. The van der Waals surface area contributed by atoms with Gasteiger partial charge in [0.05, 0.1) is 13.7 Å². The first-order valence-electron chi connectivity index (χ1n) is 6.98. The molecule has 112 valence electrons. The Bertz CT molecular complexity index is 611. The number of para-hydroxylation sites is 1. The van der Waals surface area contributed by atoms with E-state index in [9.17, 15) is 5.11 Å². The predicted octanol–water partition coefficient (Wildman–Crippen LogP) is 3.72. The Morgan fingerprint density at radius 2 is 2.00 bits per heavy atom. The Morgan fingerprint density at radius 3 is 2.67 bits per heavy atom. The van der Waals surface area contributed by atoms with Gasteiger partial charge in [-0.15, -0.1) is 0 Å². The van der Waals surface area contributed by atoms with Crippen LogP contribution in [0.2, 0.25) is 0 Å². The molecule has 0 saturated heterocycles. The number of rotatable bonds is 6. The molecule has 0 unspecified atom stereocenters. The smallest absolute Gasteiger partial charge is 0.165 e. The zero-order valence-corrected chi connectivity index (χ0v) is 12.6. The summed E-state index contributed by atoms with van der Waals surface area (Å²) in [5.41, 5.74) is 2.82. The van der Waals surface area contributed by atoms with E-state index in [-0.39, 0.29) is 0 Å². The summed E-state index contributed by atoms with van der Waals surface area (Å²) >= 11 is 0. The summed E-state index contributed by atoms with van der Waals surface area (Å²) in [6, 6.07) is 11.3. The number of aryl methyl sites for hydroxylation is 1. The van der Waals surface area contributed by atoms with Gasteiger partial charge < -0.3 is 19.9 Å². The van der Waals surface area contributed by atoms with Gasteiger partial charge >= 0.3 is 0 Å². The van der Waals surface area contributed by atoms with E-state index in [2.05, 4.69) is 5.32 Å². The minimum Gasteiger partial charge on any atom is -0.508 e. The van der Waals surface area contributed by atoms with Crippen LogP contribution in [0.3, 0.4) is 0 Å². The van der Waals surface area contributed by atoms with Gasteiger partial charge in [-0.25, -0.2) is 0 Å². The Morgan fingerprint density at radius 1 is 1.19 bits per heavy atom. The second-order valence-electron chi connectivity index (χ2n) is 4.74. The van der Waals surface area contributed by atoms with Crippen LogP contribution in [0, 0.1) is 6.92 Å². The third-order valence-electron chi connectivity index (χ3n) is 3.24. The van der Waals surface area contributed by atoms with E-state index in [4.69, 9.17) is 9.47 Å². The lowest BCUT2D eigenvalue weighted by Crippen LogP contribution is -2.04. The van der Waals surface area contributed by atoms with Crippen LogP contribution in [0.4, 0.5) is 5.69 Å². The van der Waals surface area contributed by atoms with Crippen LogP contribution in [-0.4, -0.2) is 18.8 Å². The van der Waals surface area contributed by atoms with Gasteiger partial charge in [0, 0.05) is 17.8 Å². The van der Waals surface area contributed by atoms with Crippen molar-refractivity contribution in [2.75, 3.05) is 19.0 Å². The number of hydrogen-bond donors (Lipinski definition) is 2. The predicted molar refractivity (Wildman–Crippen MR) is 84.3 cm³/mol. The molecule has 0 aromatic heterocycles. The van der Waals surface area contributed by atoms with Gasteiger partial charge in [0.25, 0.3) is 0 Å². The van der Waals surface area contributed by atoms with Crippen LogP contribution in [0.1, 0.15) is 18.1 Å². The lowest BCUT2D eigenvalue weighted by Gasteiger charge is -2.15. The molecule has 2 aromatic carbocycles. The first-order valence-corrected chi connectivity index (χ1v) is 6.98. The molecule has 0 radical (unpaired) electrons. The molecule has 0 aliphatic heterocycles. The monoisotopic (exact) mass is 287 g/mol. The number of anilines is 1.